The number of halogens is 1. The summed E-state index contributed by atoms with van der Waals surface area (Å²) in [4.78, 5) is 0. The van der Waals surface area contributed by atoms with Crippen LogP contribution in [0, 0.1) is 12.8 Å². The highest BCUT2D eigenvalue weighted by molar-refractivity contribution is 9.10. The maximum absolute atomic E-state index is 6.21. The highest BCUT2D eigenvalue weighted by Crippen LogP contribution is 2.49. The smallest absolute Gasteiger partial charge is 0.133 e. The summed E-state index contributed by atoms with van der Waals surface area (Å²) < 4.78 is 12.6. The summed E-state index contributed by atoms with van der Waals surface area (Å²) in [5, 5.41) is 3.76. The summed E-state index contributed by atoms with van der Waals surface area (Å²) in [5.41, 5.74) is 5.06. The van der Waals surface area contributed by atoms with Crippen LogP contribution < -0.4 is 10.1 Å². The lowest BCUT2D eigenvalue weighted by atomic mass is 9.77. The molecule has 0 radical (unpaired) electrons. The monoisotopic (exact) mass is 387 g/mol. The second-order valence-corrected chi connectivity index (χ2v) is 7.56. The third-order valence-corrected chi connectivity index (χ3v) is 5.78. The molecular weight excluding hydrogens is 366 g/mol. The average molecular weight is 388 g/mol. The first-order valence-electron chi connectivity index (χ1n) is 8.49. The number of benzene rings is 2. The van der Waals surface area contributed by atoms with Gasteiger partial charge in [-0.1, -0.05) is 23.8 Å². The van der Waals surface area contributed by atoms with Gasteiger partial charge in [-0.25, -0.2) is 0 Å². The number of fused-ring (bicyclic) bond motifs is 3. The molecule has 1 unspecified atom stereocenters. The van der Waals surface area contributed by atoms with Crippen molar-refractivity contribution >= 4 is 21.6 Å². The van der Waals surface area contributed by atoms with E-state index < -0.39 is 0 Å². The van der Waals surface area contributed by atoms with Crippen molar-refractivity contribution in [2.24, 2.45) is 5.92 Å². The molecular formula is C20H22BrNO2. The van der Waals surface area contributed by atoms with Crippen LogP contribution >= 0.6 is 15.9 Å². The third-order valence-electron chi connectivity index (χ3n) is 5.16. The minimum atomic E-state index is 0.181. The van der Waals surface area contributed by atoms with Gasteiger partial charge in [-0.15, -0.1) is 0 Å². The van der Waals surface area contributed by atoms with Crippen molar-refractivity contribution < 1.29 is 9.47 Å². The largest absolute Gasteiger partial charge is 0.496 e. The van der Waals surface area contributed by atoms with Gasteiger partial charge in [-0.05, 0) is 59.5 Å². The summed E-state index contributed by atoms with van der Waals surface area (Å²) in [7, 11) is 1.70. The molecule has 0 aliphatic carbocycles. The predicted octanol–water partition coefficient (Wildman–Crippen LogP) is 5.40. The molecule has 1 saturated heterocycles. The number of anilines is 1. The van der Waals surface area contributed by atoms with Crippen molar-refractivity contribution in [3.63, 3.8) is 0 Å². The second kappa shape index (κ2) is 6.41. The van der Waals surface area contributed by atoms with E-state index in [0.29, 0.717) is 5.92 Å². The maximum Gasteiger partial charge on any atom is 0.133 e. The summed E-state index contributed by atoms with van der Waals surface area (Å²) in [6, 6.07) is 13.2. The Bertz CT molecular complexity index is 761. The molecule has 4 rings (SSSR count). The van der Waals surface area contributed by atoms with Crippen molar-refractivity contribution in [2.75, 3.05) is 19.0 Å². The van der Waals surface area contributed by atoms with E-state index in [1.165, 1.54) is 28.8 Å². The lowest BCUT2D eigenvalue weighted by Gasteiger charge is -2.43. The summed E-state index contributed by atoms with van der Waals surface area (Å²) in [6.07, 6.45) is 2.48. The highest BCUT2D eigenvalue weighted by Gasteiger charge is 2.39. The Morgan fingerprint density at radius 2 is 2.08 bits per heavy atom. The van der Waals surface area contributed by atoms with E-state index in [-0.39, 0.29) is 12.1 Å². The number of methoxy groups -OCH3 is 1. The minimum absolute atomic E-state index is 0.181. The van der Waals surface area contributed by atoms with Crippen molar-refractivity contribution in [1.82, 2.24) is 0 Å². The molecule has 2 aromatic rings. The fourth-order valence-corrected chi connectivity index (χ4v) is 4.55. The van der Waals surface area contributed by atoms with Gasteiger partial charge in [0.25, 0.3) is 0 Å². The van der Waals surface area contributed by atoms with E-state index in [1.807, 2.05) is 6.07 Å². The molecule has 24 heavy (non-hydrogen) atoms. The molecule has 2 aromatic carbocycles. The molecule has 0 aromatic heterocycles. The standard InChI is InChI=1S/C20H22BrNO2/c1-12-5-7-17-15(10-12)20-14(4-3-9-24-20)19(22-17)13-6-8-18(23-2)16(21)11-13/h5-8,10-11,14,19-20,22H,3-4,9H2,1-2H3/t14-,19?,20-/m0/s1. The number of nitrogens with one attached hydrogen (secondary N) is 1. The molecule has 1 N–H and O–H groups in total. The van der Waals surface area contributed by atoms with Crippen molar-refractivity contribution in [3.05, 3.63) is 57.6 Å². The van der Waals surface area contributed by atoms with Crippen LogP contribution in [-0.4, -0.2) is 13.7 Å². The van der Waals surface area contributed by atoms with Crippen LogP contribution in [0.5, 0.6) is 5.75 Å². The molecule has 126 valence electrons. The molecule has 1 fully saturated rings. The van der Waals surface area contributed by atoms with Gasteiger partial charge >= 0.3 is 0 Å². The molecule has 3 nitrogen and oxygen atoms in total. The van der Waals surface area contributed by atoms with Crippen LogP contribution in [0.15, 0.2) is 40.9 Å². The third kappa shape index (κ3) is 2.72. The van der Waals surface area contributed by atoms with Crippen molar-refractivity contribution in [2.45, 2.75) is 31.9 Å². The van der Waals surface area contributed by atoms with Gasteiger partial charge in [0.15, 0.2) is 0 Å². The van der Waals surface area contributed by atoms with Gasteiger partial charge in [0.05, 0.1) is 23.7 Å². The summed E-state index contributed by atoms with van der Waals surface area (Å²) in [5.74, 6) is 1.32. The van der Waals surface area contributed by atoms with Gasteiger partial charge < -0.3 is 14.8 Å². The van der Waals surface area contributed by atoms with Crippen LogP contribution in [0.1, 0.15) is 41.7 Å². The Balaban J connectivity index is 1.76. The Morgan fingerprint density at radius 1 is 1.21 bits per heavy atom. The molecule has 0 bridgehead atoms. The van der Waals surface area contributed by atoms with Gasteiger partial charge in [0.1, 0.15) is 5.75 Å². The van der Waals surface area contributed by atoms with Crippen molar-refractivity contribution in [3.8, 4) is 5.75 Å². The number of ether oxygens (including phenoxy) is 2. The minimum Gasteiger partial charge on any atom is -0.496 e. The summed E-state index contributed by atoms with van der Waals surface area (Å²) >= 11 is 3.62. The zero-order valence-corrected chi connectivity index (χ0v) is 15.6. The fourth-order valence-electron chi connectivity index (χ4n) is 4.00. The molecule has 3 atom stereocenters. The lowest BCUT2D eigenvalue weighted by molar-refractivity contribution is -0.0381. The van der Waals surface area contributed by atoms with Gasteiger partial charge in [-0.3, -0.25) is 0 Å². The van der Waals surface area contributed by atoms with E-state index in [1.54, 1.807) is 7.11 Å². The number of aryl methyl sites for hydroxylation is 1. The second-order valence-electron chi connectivity index (χ2n) is 6.70. The Labute approximate surface area is 151 Å². The number of hydrogen-bond acceptors (Lipinski definition) is 3. The molecule has 0 spiro atoms. The fraction of sp³-hybridized carbons (Fsp3) is 0.400. The predicted molar refractivity (Wildman–Crippen MR) is 99.7 cm³/mol. The maximum atomic E-state index is 6.21. The Hall–Kier alpha value is -1.52. The Kier molecular flexibility index (Phi) is 4.27. The van der Waals surface area contributed by atoms with Crippen LogP contribution in [0.25, 0.3) is 0 Å². The van der Waals surface area contributed by atoms with Gasteiger partial charge in [0.2, 0.25) is 0 Å². The van der Waals surface area contributed by atoms with Gasteiger partial charge in [-0.2, -0.15) is 0 Å². The van der Waals surface area contributed by atoms with Crippen LogP contribution in [0.4, 0.5) is 5.69 Å². The highest BCUT2D eigenvalue weighted by atomic mass is 79.9. The SMILES string of the molecule is COc1ccc(C2Nc3ccc(C)cc3[C@H]3OCCC[C@@H]23)cc1Br. The molecule has 4 heteroatoms. The van der Waals surface area contributed by atoms with E-state index >= 15 is 0 Å². The molecule has 2 heterocycles. The van der Waals surface area contributed by atoms with E-state index in [9.17, 15) is 0 Å². The number of hydrogen-bond donors (Lipinski definition) is 1. The molecule has 0 saturated carbocycles. The van der Waals surface area contributed by atoms with E-state index in [4.69, 9.17) is 9.47 Å². The van der Waals surface area contributed by atoms with Crippen molar-refractivity contribution in [1.29, 1.82) is 0 Å². The first-order chi connectivity index (χ1) is 11.7. The van der Waals surface area contributed by atoms with Crippen LogP contribution in [0.3, 0.4) is 0 Å². The zero-order valence-electron chi connectivity index (χ0n) is 14.0. The molecule has 2 aliphatic heterocycles. The first kappa shape index (κ1) is 16.0. The number of rotatable bonds is 2. The first-order valence-corrected chi connectivity index (χ1v) is 9.29. The van der Waals surface area contributed by atoms with E-state index in [2.05, 4.69) is 58.5 Å². The Morgan fingerprint density at radius 3 is 2.88 bits per heavy atom. The average Bonchev–Trinajstić information content (AvgIpc) is 2.61. The van der Waals surface area contributed by atoms with Crippen LogP contribution in [-0.2, 0) is 4.74 Å². The zero-order chi connectivity index (χ0) is 16.7. The normalized spacial score (nSPS) is 25.4. The van der Waals surface area contributed by atoms with Gasteiger partial charge in [0, 0.05) is 23.8 Å². The van der Waals surface area contributed by atoms with E-state index in [0.717, 1.165) is 23.2 Å². The topological polar surface area (TPSA) is 30.5 Å². The molecule has 0 amide bonds. The lowest BCUT2D eigenvalue weighted by Crippen LogP contribution is -2.36. The molecule has 2 aliphatic rings. The van der Waals surface area contributed by atoms with Crippen LogP contribution in [0.2, 0.25) is 0 Å². The summed E-state index contributed by atoms with van der Waals surface area (Å²) in [6.45, 7) is 3.00. The quantitative estimate of drug-likeness (QED) is 0.747.